The molecule has 26 heavy (non-hydrogen) atoms. The monoisotopic (exact) mass is 586 g/mol. The van der Waals surface area contributed by atoms with Crippen LogP contribution >= 0.6 is 0 Å². The van der Waals surface area contributed by atoms with Crippen LogP contribution in [0.5, 0.6) is 0 Å². The summed E-state index contributed by atoms with van der Waals surface area (Å²) in [5.41, 5.74) is 0. The third-order valence-corrected chi connectivity index (χ3v) is 39.1. The van der Waals surface area contributed by atoms with Gasteiger partial charge in [-0.15, -0.1) is 0 Å². The summed E-state index contributed by atoms with van der Waals surface area (Å²) < 4.78 is 16.3. The molecule has 1 atom stereocenters. The summed E-state index contributed by atoms with van der Waals surface area (Å²) in [5, 5.41) is 0. The Labute approximate surface area is 171 Å². The molecule has 0 radical (unpaired) electrons. The summed E-state index contributed by atoms with van der Waals surface area (Å²) in [5.74, 6) is 0. The van der Waals surface area contributed by atoms with Crippen molar-refractivity contribution in [1.82, 2.24) is 0 Å². The van der Waals surface area contributed by atoms with Gasteiger partial charge in [-0.3, -0.25) is 0 Å². The van der Waals surface area contributed by atoms with Crippen LogP contribution in [0.4, 0.5) is 0 Å². The molecule has 0 saturated carbocycles. The van der Waals surface area contributed by atoms with Crippen molar-refractivity contribution in [2.75, 3.05) is 6.61 Å². The van der Waals surface area contributed by atoms with Crippen LogP contribution in [0.1, 0.15) is 92.9 Å². The first-order chi connectivity index (χ1) is 12.3. The van der Waals surface area contributed by atoms with E-state index in [4.69, 9.17) is 4.49 Å². The van der Waals surface area contributed by atoms with E-state index in [2.05, 4.69) is 27.7 Å². The van der Waals surface area contributed by atoms with Gasteiger partial charge in [0.05, 0.1) is 0 Å². The molecule has 0 N–H and O–H groups in total. The standard InChI is InChI=1S/C4H9O.3C4H9.2C2H3O.O.2Sn/c1-2-3-4-5;3*1-3-4-2;2*1-2-3;;;/h2-4H2,1H3;3*1,3-4H2,2H3;2*1H3;;;/q-1;;;;;;;;+1. The maximum atomic E-state index is 12.8. The van der Waals surface area contributed by atoms with Crippen molar-refractivity contribution < 1.29 is 14.1 Å². The van der Waals surface area contributed by atoms with Crippen LogP contribution in [-0.2, 0) is 14.1 Å². The second kappa shape index (κ2) is 14.8. The summed E-state index contributed by atoms with van der Waals surface area (Å²) in [6.07, 6.45) is 8.17. The second-order valence-corrected chi connectivity index (χ2v) is 31.1. The van der Waals surface area contributed by atoms with E-state index >= 15 is 0 Å². The third-order valence-electron chi connectivity index (χ3n) is 5.10. The fourth-order valence-corrected chi connectivity index (χ4v) is 45.1. The van der Waals surface area contributed by atoms with Gasteiger partial charge in [0.25, 0.3) is 0 Å². The molecule has 0 amide bonds. The number of carbonyl (C=O) groups is 2. The second-order valence-electron chi connectivity index (χ2n) is 7.47. The number of rotatable bonds is 17. The van der Waals surface area contributed by atoms with Crippen LogP contribution < -0.4 is 0 Å². The molecule has 0 aliphatic heterocycles. The van der Waals surface area contributed by atoms with Crippen LogP contribution in [0.25, 0.3) is 0 Å². The van der Waals surface area contributed by atoms with Crippen molar-refractivity contribution in [2.45, 2.75) is 106 Å². The molecule has 0 spiro atoms. The predicted molar refractivity (Wildman–Crippen MR) is 114 cm³/mol. The van der Waals surface area contributed by atoms with Crippen molar-refractivity contribution in [3.05, 3.63) is 0 Å². The van der Waals surface area contributed by atoms with Crippen LogP contribution in [-0.4, -0.2) is 52.2 Å². The van der Waals surface area contributed by atoms with Crippen LogP contribution in [0.15, 0.2) is 0 Å². The molecule has 0 rings (SSSR count). The Hall–Kier alpha value is 0.857. The topological polar surface area (TPSA) is 52.6 Å². The molecule has 0 aromatic heterocycles. The normalized spacial score (nSPS) is 14.2. The molecule has 0 aliphatic rings. The van der Waals surface area contributed by atoms with Gasteiger partial charge < -0.3 is 0 Å². The van der Waals surface area contributed by atoms with Gasteiger partial charge in [-0.2, -0.15) is 0 Å². The van der Waals surface area contributed by atoms with Gasteiger partial charge in [0.2, 0.25) is 0 Å². The van der Waals surface area contributed by atoms with Gasteiger partial charge >= 0.3 is 172 Å². The number of hydrogen-bond acceptors (Lipinski definition) is 4. The molecule has 0 bridgehead atoms. The molecule has 0 heterocycles. The average molecular weight is 584 g/mol. The molecular formula is C20H42O4Sn2. The minimum absolute atomic E-state index is 0.138. The zero-order valence-corrected chi connectivity index (χ0v) is 23.8. The maximum absolute atomic E-state index is 12.8. The third kappa shape index (κ3) is 8.91. The average Bonchev–Trinajstić information content (AvgIpc) is 2.61. The molecule has 1 unspecified atom stereocenters. The van der Waals surface area contributed by atoms with E-state index in [0.29, 0.717) is 6.61 Å². The number of hydrogen-bond donors (Lipinski definition) is 0. The Bertz CT molecular complexity index is 407. The van der Waals surface area contributed by atoms with Crippen LogP contribution in [0.3, 0.4) is 0 Å². The molecule has 6 heteroatoms. The van der Waals surface area contributed by atoms with E-state index in [9.17, 15) is 9.59 Å². The Balaban J connectivity index is 5.78. The zero-order valence-electron chi connectivity index (χ0n) is 18.1. The van der Waals surface area contributed by atoms with Crippen molar-refractivity contribution in [2.24, 2.45) is 0 Å². The fourth-order valence-electron chi connectivity index (χ4n) is 3.18. The van der Waals surface area contributed by atoms with E-state index in [1.165, 1.54) is 0 Å². The summed E-state index contributed by atoms with van der Waals surface area (Å²) in [4.78, 5) is 25.6. The summed E-state index contributed by atoms with van der Waals surface area (Å²) in [7, 11) is 0. The van der Waals surface area contributed by atoms with Gasteiger partial charge in [0.15, 0.2) is 0 Å². The first kappa shape index (κ1) is 26.9. The van der Waals surface area contributed by atoms with Gasteiger partial charge in [-0.05, 0) is 0 Å². The molecule has 0 saturated heterocycles. The molecule has 0 fully saturated rings. The molecule has 0 aromatic rings. The van der Waals surface area contributed by atoms with Crippen molar-refractivity contribution >= 4 is 45.6 Å². The van der Waals surface area contributed by atoms with Gasteiger partial charge in [0, 0.05) is 0 Å². The Morgan fingerprint density at radius 3 is 1.54 bits per heavy atom. The quantitative estimate of drug-likeness (QED) is 0.159. The molecular weight excluding hydrogens is 542 g/mol. The van der Waals surface area contributed by atoms with Crippen LogP contribution in [0.2, 0.25) is 13.3 Å². The first-order valence-electron chi connectivity index (χ1n) is 10.7. The summed E-state index contributed by atoms with van der Waals surface area (Å²) >= 11 is -7.45. The number of unbranched alkanes of at least 4 members (excludes halogenated alkanes) is 4. The molecule has 154 valence electrons. The Morgan fingerprint density at radius 2 is 1.15 bits per heavy atom. The van der Waals surface area contributed by atoms with Crippen molar-refractivity contribution in [3.63, 3.8) is 0 Å². The Kier molecular flexibility index (Phi) is 15.3. The fraction of sp³-hybridized carbons (Fsp3) is 0.900. The van der Waals surface area contributed by atoms with Gasteiger partial charge in [0.1, 0.15) is 0 Å². The zero-order chi connectivity index (χ0) is 20.1. The van der Waals surface area contributed by atoms with Gasteiger partial charge in [-0.25, -0.2) is 0 Å². The van der Waals surface area contributed by atoms with E-state index < -0.39 is 38.0 Å². The predicted octanol–water partition coefficient (Wildman–Crippen LogP) is 5.86. The van der Waals surface area contributed by atoms with E-state index in [-0.39, 0.29) is 7.60 Å². The summed E-state index contributed by atoms with van der Waals surface area (Å²) in [6, 6.07) is 0. The van der Waals surface area contributed by atoms with Gasteiger partial charge in [-0.1, -0.05) is 0 Å². The molecule has 0 aromatic carbocycles. The molecule has 0 aliphatic carbocycles. The van der Waals surface area contributed by atoms with E-state index in [1.54, 1.807) is 13.8 Å². The first-order valence-corrected chi connectivity index (χ1v) is 23.1. The van der Waals surface area contributed by atoms with Crippen molar-refractivity contribution in [1.29, 1.82) is 0 Å². The minimum atomic E-state index is -3.92. The van der Waals surface area contributed by atoms with E-state index in [1.807, 2.05) is 0 Å². The Morgan fingerprint density at radius 1 is 0.692 bits per heavy atom. The van der Waals surface area contributed by atoms with E-state index in [0.717, 1.165) is 64.7 Å². The SMILES string of the molecule is CCCC[O][Sn]([CH2]CCC)([O][Sn]([CH2]CCC)([CH2]CCC)[C](C)=O)[C](C)=O. The summed E-state index contributed by atoms with van der Waals surface area (Å²) in [6.45, 7) is 12.6. The number of carbonyl (C=O) groups excluding carboxylic acids is 2. The van der Waals surface area contributed by atoms with Crippen LogP contribution in [0, 0.1) is 0 Å². The van der Waals surface area contributed by atoms with Crippen molar-refractivity contribution in [3.8, 4) is 0 Å². The molecule has 4 nitrogen and oxygen atoms in total.